The second-order valence-corrected chi connectivity index (χ2v) is 6.83. The van der Waals surface area contributed by atoms with Gasteiger partial charge in [-0.05, 0) is 36.2 Å². The molecule has 2 aromatic rings. The first-order valence-corrected chi connectivity index (χ1v) is 7.86. The quantitative estimate of drug-likeness (QED) is 0.884. The highest BCUT2D eigenvalue weighted by atomic mass is 35.5. The summed E-state index contributed by atoms with van der Waals surface area (Å²) < 4.78 is 38.2. The van der Waals surface area contributed by atoms with E-state index >= 15 is 0 Å². The third kappa shape index (κ3) is 2.94. The van der Waals surface area contributed by atoms with E-state index in [0.29, 0.717) is 11.3 Å². The van der Waals surface area contributed by atoms with Gasteiger partial charge in [0.05, 0.1) is 15.7 Å². The monoisotopic (exact) mass is 313 g/mol. The minimum absolute atomic E-state index is 0.137. The lowest BCUT2D eigenvalue weighted by atomic mass is 10.2. The van der Waals surface area contributed by atoms with Crippen LogP contribution in [0.25, 0.3) is 0 Å². The molecule has 3 nitrogen and oxygen atoms in total. The Morgan fingerprint density at radius 3 is 2.65 bits per heavy atom. The highest BCUT2D eigenvalue weighted by molar-refractivity contribution is 7.90. The third-order valence-corrected chi connectivity index (χ3v) is 5.15. The Balaban J connectivity index is 2.46. The Kier molecular flexibility index (Phi) is 4.01. The number of rotatable bonds is 3. The zero-order valence-corrected chi connectivity index (χ0v) is 12.3. The van der Waals surface area contributed by atoms with Crippen molar-refractivity contribution in [2.75, 3.05) is 5.73 Å². The van der Waals surface area contributed by atoms with Crippen molar-refractivity contribution in [2.24, 2.45) is 0 Å². The Hall–Kier alpha value is -1.59. The van der Waals surface area contributed by atoms with Crippen molar-refractivity contribution < 1.29 is 12.8 Å². The number of aryl methyl sites for hydroxylation is 1. The summed E-state index contributed by atoms with van der Waals surface area (Å²) in [5.41, 5.74) is 6.80. The van der Waals surface area contributed by atoms with Crippen LogP contribution in [0.5, 0.6) is 0 Å². The van der Waals surface area contributed by atoms with Crippen molar-refractivity contribution in [3.63, 3.8) is 0 Å². The fourth-order valence-corrected chi connectivity index (χ4v) is 3.85. The van der Waals surface area contributed by atoms with Crippen LogP contribution in [0.15, 0.2) is 41.3 Å². The Bertz CT molecular complexity index is 760. The van der Waals surface area contributed by atoms with E-state index in [0.717, 1.165) is 0 Å². The number of sulfone groups is 1. The number of benzene rings is 2. The zero-order valence-electron chi connectivity index (χ0n) is 10.7. The molecular formula is C14H13ClFNO2S. The van der Waals surface area contributed by atoms with Crippen LogP contribution in [0, 0.1) is 12.7 Å². The molecule has 6 heteroatoms. The summed E-state index contributed by atoms with van der Waals surface area (Å²) in [5.74, 6) is -1.00. The molecule has 0 unspecified atom stereocenters. The maximum absolute atomic E-state index is 13.4. The van der Waals surface area contributed by atoms with Gasteiger partial charge in [-0.2, -0.15) is 0 Å². The lowest BCUT2D eigenvalue weighted by Crippen LogP contribution is -2.08. The van der Waals surface area contributed by atoms with Crippen molar-refractivity contribution in [2.45, 2.75) is 17.6 Å². The van der Waals surface area contributed by atoms with Crippen LogP contribution >= 0.6 is 11.6 Å². The van der Waals surface area contributed by atoms with Gasteiger partial charge in [0.2, 0.25) is 0 Å². The molecule has 0 fully saturated rings. The molecule has 0 aliphatic carbocycles. The normalized spacial score (nSPS) is 11.6. The molecular weight excluding hydrogens is 301 g/mol. The highest BCUT2D eigenvalue weighted by Crippen LogP contribution is 2.26. The number of halogens is 2. The van der Waals surface area contributed by atoms with Crippen molar-refractivity contribution in [1.29, 1.82) is 0 Å². The van der Waals surface area contributed by atoms with Crippen molar-refractivity contribution in [1.82, 2.24) is 0 Å². The van der Waals surface area contributed by atoms with Gasteiger partial charge < -0.3 is 5.73 Å². The molecule has 0 heterocycles. The molecule has 2 N–H and O–H groups in total. The summed E-state index contributed by atoms with van der Waals surface area (Å²) >= 11 is 5.79. The molecule has 0 atom stereocenters. The summed E-state index contributed by atoms with van der Waals surface area (Å²) in [7, 11) is -3.64. The van der Waals surface area contributed by atoms with Gasteiger partial charge in [-0.1, -0.05) is 29.8 Å². The molecule has 0 radical (unpaired) electrons. The Morgan fingerprint density at radius 1 is 1.25 bits per heavy atom. The maximum atomic E-state index is 13.4. The Labute approximate surface area is 122 Å². The van der Waals surface area contributed by atoms with E-state index in [1.54, 1.807) is 19.1 Å². The summed E-state index contributed by atoms with van der Waals surface area (Å²) in [4.78, 5) is 0.137. The van der Waals surface area contributed by atoms with Gasteiger partial charge in [-0.25, -0.2) is 12.8 Å². The fourth-order valence-electron chi connectivity index (χ4n) is 1.89. The largest absolute Gasteiger partial charge is 0.399 e. The van der Waals surface area contributed by atoms with Crippen LogP contribution in [-0.2, 0) is 15.6 Å². The predicted octanol–water partition coefficient (Wildman–Crippen LogP) is 3.34. The van der Waals surface area contributed by atoms with E-state index in [1.807, 2.05) is 0 Å². The second-order valence-electron chi connectivity index (χ2n) is 4.50. The number of nitrogens with two attached hydrogens (primary N) is 1. The molecule has 0 spiro atoms. The van der Waals surface area contributed by atoms with E-state index < -0.39 is 15.7 Å². The number of hydrogen-bond acceptors (Lipinski definition) is 3. The van der Waals surface area contributed by atoms with Gasteiger partial charge >= 0.3 is 0 Å². The minimum atomic E-state index is -3.64. The van der Waals surface area contributed by atoms with E-state index in [4.69, 9.17) is 17.3 Å². The first-order chi connectivity index (χ1) is 9.31. The molecule has 20 heavy (non-hydrogen) atoms. The summed E-state index contributed by atoms with van der Waals surface area (Å²) in [5, 5.41) is -0.169. The van der Waals surface area contributed by atoms with E-state index in [2.05, 4.69) is 0 Å². The van der Waals surface area contributed by atoms with Gasteiger partial charge in [0, 0.05) is 5.69 Å². The maximum Gasteiger partial charge on any atom is 0.182 e. The fraction of sp³-hybridized carbons (Fsp3) is 0.143. The first kappa shape index (κ1) is 14.8. The number of anilines is 1. The Morgan fingerprint density at radius 2 is 1.95 bits per heavy atom. The van der Waals surface area contributed by atoms with Gasteiger partial charge in [-0.15, -0.1) is 0 Å². The molecule has 0 saturated carbocycles. The van der Waals surface area contributed by atoms with Crippen LogP contribution in [0.2, 0.25) is 5.02 Å². The topological polar surface area (TPSA) is 60.2 Å². The summed E-state index contributed by atoms with van der Waals surface area (Å²) in [6.07, 6.45) is 0. The van der Waals surface area contributed by atoms with Gasteiger partial charge in [-0.3, -0.25) is 0 Å². The lowest BCUT2D eigenvalue weighted by Gasteiger charge is -2.10. The second kappa shape index (κ2) is 5.42. The van der Waals surface area contributed by atoms with E-state index in [-0.39, 0.29) is 21.2 Å². The predicted molar refractivity (Wildman–Crippen MR) is 77.9 cm³/mol. The van der Waals surface area contributed by atoms with Crippen LogP contribution in [0.1, 0.15) is 11.1 Å². The lowest BCUT2D eigenvalue weighted by molar-refractivity contribution is 0.594. The molecule has 0 bridgehead atoms. The van der Waals surface area contributed by atoms with E-state index in [1.165, 1.54) is 24.3 Å². The molecule has 0 aliphatic rings. The molecule has 2 rings (SSSR count). The zero-order chi connectivity index (χ0) is 14.9. The standard InChI is InChI=1S/C14H13ClFNO2S/c1-9-5-6-11(17)7-13(9)20(18,19)8-10-3-2-4-12(16)14(10)15/h2-7H,8,17H2,1H3. The smallest absolute Gasteiger partial charge is 0.182 e. The minimum Gasteiger partial charge on any atom is -0.399 e. The highest BCUT2D eigenvalue weighted by Gasteiger charge is 2.20. The van der Waals surface area contributed by atoms with Gasteiger partial charge in [0.1, 0.15) is 5.82 Å². The summed E-state index contributed by atoms with van der Waals surface area (Å²) in [6, 6.07) is 8.77. The molecule has 0 amide bonds. The average molecular weight is 314 g/mol. The van der Waals surface area contributed by atoms with Gasteiger partial charge in [0.15, 0.2) is 9.84 Å². The van der Waals surface area contributed by atoms with Gasteiger partial charge in [0.25, 0.3) is 0 Å². The van der Waals surface area contributed by atoms with Crippen LogP contribution in [0.3, 0.4) is 0 Å². The summed E-state index contributed by atoms with van der Waals surface area (Å²) in [6.45, 7) is 1.68. The van der Waals surface area contributed by atoms with Crippen LogP contribution in [-0.4, -0.2) is 8.42 Å². The molecule has 106 valence electrons. The number of hydrogen-bond donors (Lipinski definition) is 1. The van der Waals surface area contributed by atoms with E-state index in [9.17, 15) is 12.8 Å². The molecule has 0 saturated heterocycles. The first-order valence-electron chi connectivity index (χ1n) is 5.83. The van der Waals surface area contributed by atoms with Crippen LogP contribution < -0.4 is 5.73 Å². The molecule has 2 aromatic carbocycles. The van der Waals surface area contributed by atoms with Crippen molar-refractivity contribution in [3.05, 3.63) is 58.4 Å². The number of nitrogen functional groups attached to an aromatic ring is 1. The SMILES string of the molecule is Cc1ccc(N)cc1S(=O)(=O)Cc1cccc(F)c1Cl. The molecule has 0 aromatic heterocycles. The average Bonchev–Trinajstić information content (AvgIpc) is 2.37. The van der Waals surface area contributed by atoms with Crippen molar-refractivity contribution in [3.8, 4) is 0 Å². The third-order valence-electron chi connectivity index (χ3n) is 2.92. The van der Waals surface area contributed by atoms with Crippen LogP contribution in [0.4, 0.5) is 10.1 Å². The van der Waals surface area contributed by atoms with Crippen molar-refractivity contribution >= 4 is 27.1 Å². The molecule has 0 aliphatic heterocycles.